The Labute approximate surface area is 181 Å². The van der Waals surface area contributed by atoms with Crippen LogP contribution < -0.4 is 5.46 Å². The molecule has 0 aliphatic carbocycles. The molecule has 0 amide bonds. The second-order valence-electron chi connectivity index (χ2n) is 8.62. The number of methoxy groups -OCH3 is 1. The minimum Gasteiger partial charge on any atom is -0.396 e. The van der Waals surface area contributed by atoms with Gasteiger partial charge in [-0.1, -0.05) is 31.4 Å². The molecule has 8 heteroatoms. The summed E-state index contributed by atoms with van der Waals surface area (Å²) in [6.07, 6.45) is -2.89. The molecule has 0 saturated heterocycles. The Balaban J connectivity index is 2.44. The Morgan fingerprint density at radius 2 is 1.94 bits per heavy atom. The summed E-state index contributed by atoms with van der Waals surface area (Å²) >= 11 is 0. The SMILES string of the molecule is [B]c1ccc2c(c1)c(CC(C)(C)CO)c(-c1cccnc1[C@H](C)OC)n2CC(F)(F)F. The Kier molecular flexibility index (Phi) is 6.53. The number of aromatic nitrogens is 2. The Morgan fingerprint density at radius 1 is 1.23 bits per heavy atom. The number of fused-ring (bicyclic) bond motifs is 1. The molecule has 1 N–H and O–H groups in total. The van der Waals surface area contributed by atoms with Crippen LogP contribution in [0, 0.1) is 5.41 Å². The van der Waals surface area contributed by atoms with Crippen molar-refractivity contribution >= 4 is 24.2 Å². The number of nitrogens with zero attached hydrogens (tertiary/aromatic N) is 2. The van der Waals surface area contributed by atoms with E-state index in [4.69, 9.17) is 12.6 Å². The van der Waals surface area contributed by atoms with Gasteiger partial charge in [-0.15, -0.1) is 0 Å². The van der Waals surface area contributed by atoms with Crippen LogP contribution in [-0.2, 0) is 17.7 Å². The predicted molar refractivity (Wildman–Crippen MR) is 117 cm³/mol. The van der Waals surface area contributed by atoms with Crippen LogP contribution in [0.1, 0.15) is 38.1 Å². The number of hydrogen-bond donors (Lipinski definition) is 1. The highest BCUT2D eigenvalue weighted by Crippen LogP contribution is 2.41. The summed E-state index contributed by atoms with van der Waals surface area (Å²) in [5.41, 5.74) is 2.58. The number of pyridine rings is 1. The first-order valence-electron chi connectivity index (χ1n) is 10.0. The van der Waals surface area contributed by atoms with Crippen molar-refractivity contribution in [2.24, 2.45) is 5.41 Å². The number of benzene rings is 1. The van der Waals surface area contributed by atoms with Crippen LogP contribution in [0.3, 0.4) is 0 Å². The van der Waals surface area contributed by atoms with Gasteiger partial charge in [-0.3, -0.25) is 4.98 Å². The molecular weight excluding hydrogens is 404 g/mol. The molecule has 0 spiro atoms. The standard InChI is InChI=1S/C23H26BF3N2O2/c1-14(31-4)20-16(6-5-9-28-20)21-18(11-22(2,3)13-30)17-10-15(24)7-8-19(17)29(21)12-23(25,26)27/h5-10,14,30H,11-13H2,1-4H3/t14-/m0/s1. The largest absolute Gasteiger partial charge is 0.406 e. The maximum Gasteiger partial charge on any atom is 0.406 e. The van der Waals surface area contributed by atoms with Crippen molar-refractivity contribution in [3.05, 3.63) is 47.8 Å². The number of rotatable bonds is 7. The molecule has 2 aromatic heterocycles. The summed E-state index contributed by atoms with van der Waals surface area (Å²) in [4.78, 5) is 4.42. The highest BCUT2D eigenvalue weighted by molar-refractivity contribution is 6.33. The molecule has 0 fully saturated rings. The van der Waals surface area contributed by atoms with Gasteiger partial charge in [-0.05, 0) is 42.5 Å². The van der Waals surface area contributed by atoms with E-state index in [1.807, 2.05) is 13.8 Å². The molecular formula is C23H26BF3N2O2. The molecule has 0 aliphatic heterocycles. The molecule has 1 atom stereocenters. The zero-order valence-corrected chi connectivity index (χ0v) is 18.1. The van der Waals surface area contributed by atoms with Crippen LogP contribution >= 0.6 is 0 Å². The second-order valence-corrected chi connectivity index (χ2v) is 8.62. The zero-order valence-electron chi connectivity index (χ0n) is 18.1. The van der Waals surface area contributed by atoms with Crippen molar-refractivity contribution in [3.8, 4) is 11.3 Å². The van der Waals surface area contributed by atoms with Gasteiger partial charge in [0.25, 0.3) is 0 Å². The molecule has 3 rings (SSSR count). The minimum absolute atomic E-state index is 0.116. The van der Waals surface area contributed by atoms with E-state index < -0.39 is 24.2 Å². The number of halogens is 3. The Bertz CT molecular complexity index is 1080. The zero-order chi connectivity index (χ0) is 23.0. The van der Waals surface area contributed by atoms with E-state index in [1.54, 1.807) is 43.5 Å². The third-order valence-electron chi connectivity index (χ3n) is 5.45. The minimum atomic E-state index is -4.43. The van der Waals surface area contributed by atoms with Crippen LogP contribution in [0.5, 0.6) is 0 Å². The molecule has 164 valence electrons. The fourth-order valence-electron chi connectivity index (χ4n) is 3.86. The molecule has 2 heterocycles. The van der Waals surface area contributed by atoms with E-state index in [-0.39, 0.29) is 6.61 Å². The van der Waals surface area contributed by atoms with Crippen LogP contribution in [0.4, 0.5) is 13.2 Å². The predicted octanol–water partition coefficient (Wildman–Crippen LogP) is 4.33. The van der Waals surface area contributed by atoms with E-state index in [2.05, 4.69) is 4.98 Å². The number of aliphatic hydroxyl groups is 1. The van der Waals surface area contributed by atoms with Crippen LogP contribution in [-0.4, -0.2) is 42.4 Å². The fraction of sp³-hybridized carbons (Fsp3) is 0.435. The van der Waals surface area contributed by atoms with Gasteiger partial charge in [-0.25, -0.2) is 0 Å². The lowest BCUT2D eigenvalue weighted by Gasteiger charge is -2.24. The third-order valence-corrected chi connectivity index (χ3v) is 5.45. The van der Waals surface area contributed by atoms with Gasteiger partial charge in [0.2, 0.25) is 0 Å². The lowest BCUT2D eigenvalue weighted by Crippen LogP contribution is -2.21. The van der Waals surface area contributed by atoms with Gasteiger partial charge in [-0.2, -0.15) is 13.2 Å². The Hall–Kier alpha value is -2.32. The molecule has 1 aromatic carbocycles. The topological polar surface area (TPSA) is 47.3 Å². The summed E-state index contributed by atoms with van der Waals surface area (Å²) in [5, 5.41) is 10.5. The van der Waals surface area contributed by atoms with Crippen molar-refractivity contribution in [1.29, 1.82) is 0 Å². The number of hydrogen-bond acceptors (Lipinski definition) is 3. The summed E-state index contributed by atoms with van der Waals surface area (Å²) in [5.74, 6) is 0. The highest BCUT2D eigenvalue weighted by Gasteiger charge is 2.33. The smallest absolute Gasteiger partial charge is 0.396 e. The maximum atomic E-state index is 13.7. The first-order valence-corrected chi connectivity index (χ1v) is 10.0. The lowest BCUT2D eigenvalue weighted by molar-refractivity contribution is -0.139. The van der Waals surface area contributed by atoms with Crippen LogP contribution in [0.25, 0.3) is 22.2 Å². The van der Waals surface area contributed by atoms with Crippen molar-refractivity contribution < 1.29 is 23.0 Å². The average molecular weight is 430 g/mol. The van der Waals surface area contributed by atoms with Gasteiger partial charge in [0.1, 0.15) is 14.4 Å². The van der Waals surface area contributed by atoms with E-state index in [0.717, 1.165) is 0 Å². The summed E-state index contributed by atoms with van der Waals surface area (Å²) in [6, 6.07) is 8.38. The average Bonchev–Trinajstić information content (AvgIpc) is 2.97. The molecule has 0 unspecified atom stereocenters. The molecule has 0 saturated carbocycles. The lowest BCUT2D eigenvalue weighted by atomic mass is 9.83. The van der Waals surface area contributed by atoms with Gasteiger partial charge in [0.05, 0.1) is 17.5 Å². The van der Waals surface area contributed by atoms with Gasteiger partial charge in [0, 0.05) is 36.4 Å². The van der Waals surface area contributed by atoms with Crippen molar-refractivity contribution in [2.45, 2.75) is 46.0 Å². The third kappa shape index (κ3) is 4.96. The number of aliphatic hydroxyl groups excluding tert-OH is 1. The summed E-state index contributed by atoms with van der Waals surface area (Å²) in [6.45, 7) is 4.28. The van der Waals surface area contributed by atoms with Gasteiger partial charge >= 0.3 is 6.18 Å². The van der Waals surface area contributed by atoms with Crippen molar-refractivity contribution in [1.82, 2.24) is 9.55 Å². The summed E-state index contributed by atoms with van der Waals surface area (Å²) in [7, 11) is 7.53. The van der Waals surface area contributed by atoms with E-state index in [1.165, 1.54) is 11.7 Å². The van der Waals surface area contributed by atoms with Gasteiger partial charge in [0.15, 0.2) is 0 Å². The number of alkyl halides is 3. The van der Waals surface area contributed by atoms with Crippen LogP contribution in [0.15, 0.2) is 36.5 Å². The molecule has 2 radical (unpaired) electrons. The molecule has 0 bridgehead atoms. The molecule has 3 aromatic rings. The normalized spacial score (nSPS) is 13.7. The van der Waals surface area contributed by atoms with Crippen molar-refractivity contribution in [3.63, 3.8) is 0 Å². The molecule has 0 aliphatic rings. The quantitative estimate of drug-likeness (QED) is 0.568. The van der Waals surface area contributed by atoms with Crippen molar-refractivity contribution in [2.75, 3.05) is 13.7 Å². The Morgan fingerprint density at radius 3 is 2.55 bits per heavy atom. The highest BCUT2D eigenvalue weighted by atomic mass is 19.4. The first kappa shape index (κ1) is 23.4. The van der Waals surface area contributed by atoms with Gasteiger partial charge < -0.3 is 14.4 Å². The number of ether oxygens (including phenoxy) is 1. The summed E-state index contributed by atoms with van der Waals surface area (Å²) < 4.78 is 47.7. The van der Waals surface area contributed by atoms with E-state index in [0.29, 0.717) is 45.3 Å². The van der Waals surface area contributed by atoms with E-state index in [9.17, 15) is 18.3 Å². The van der Waals surface area contributed by atoms with E-state index >= 15 is 0 Å². The maximum absolute atomic E-state index is 13.7. The monoisotopic (exact) mass is 430 g/mol. The first-order chi connectivity index (χ1) is 14.5. The molecule has 4 nitrogen and oxygen atoms in total. The molecule has 31 heavy (non-hydrogen) atoms. The van der Waals surface area contributed by atoms with Crippen LogP contribution in [0.2, 0.25) is 0 Å². The second kappa shape index (κ2) is 8.67. The fourth-order valence-corrected chi connectivity index (χ4v) is 3.86.